The summed E-state index contributed by atoms with van der Waals surface area (Å²) in [5.41, 5.74) is -4.75. The van der Waals surface area contributed by atoms with Crippen molar-refractivity contribution in [2.75, 3.05) is 11.4 Å². The van der Waals surface area contributed by atoms with E-state index in [1.165, 1.54) is 19.9 Å². The van der Waals surface area contributed by atoms with E-state index in [4.69, 9.17) is 10.00 Å². The van der Waals surface area contributed by atoms with Crippen LogP contribution in [0.15, 0.2) is 18.2 Å². The number of ether oxygens (including phenoxy) is 1. The lowest BCUT2D eigenvalue weighted by atomic mass is 10.0. The van der Waals surface area contributed by atoms with Gasteiger partial charge in [0.2, 0.25) is 0 Å². The summed E-state index contributed by atoms with van der Waals surface area (Å²) < 4.78 is 45.4. The second-order valence-electron chi connectivity index (χ2n) is 8.33. The van der Waals surface area contributed by atoms with Crippen molar-refractivity contribution in [2.45, 2.75) is 58.9 Å². The highest BCUT2D eigenvalue weighted by molar-refractivity contribution is 6.23. The number of urea groups is 1. The molecule has 0 radical (unpaired) electrons. The van der Waals surface area contributed by atoms with Crippen LogP contribution in [0.2, 0.25) is 0 Å². The fourth-order valence-corrected chi connectivity index (χ4v) is 3.09. The van der Waals surface area contributed by atoms with Crippen molar-refractivity contribution in [3.05, 3.63) is 29.3 Å². The highest BCUT2D eigenvalue weighted by atomic mass is 19.4. The van der Waals surface area contributed by atoms with Gasteiger partial charge in [-0.2, -0.15) is 18.4 Å². The number of imide groups is 1. The monoisotopic (exact) mass is 440 g/mol. The molecule has 0 atom stereocenters. The molecule has 2 rings (SSSR count). The molecule has 8 nitrogen and oxygen atoms in total. The molecule has 168 valence electrons. The number of benzene rings is 1. The Morgan fingerprint density at radius 2 is 1.81 bits per heavy atom. The quantitative estimate of drug-likeness (QED) is 0.654. The average molecular weight is 440 g/mol. The molecule has 31 heavy (non-hydrogen) atoms. The zero-order chi connectivity index (χ0) is 23.9. The summed E-state index contributed by atoms with van der Waals surface area (Å²) in [5.74, 6) is -0.836. The van der Waals surface area contributed by atoms with E-state index in [9.17, 15) is 27.6 Å². The molecule has 1 fully saturated rings. The highest BCUT2D eigenvalue weighted by Gasteiger charge is 2.56. The lowest BCUT2D eigenvalue weighted by molar-refractivity contribution is -0.137. The first-order chi connectivity index (χ1) is 14.1. The number of hydrazine groups is 1. The number of nitrogens with zero attached hydrogens (tertiary/aromatic N) is 4. The minimum atomic E-state index is -4.87. The molecule has 4 amide bonds. The van der Waals surface area contributed by atoms with Gasteiger partial charge < -0.3 is 4.74 Å². The molecular formula is C20H23F3N4O4. The molecule has 1 saturated heterocycles. The van der Waals surface area contributed by atoms with Crippen molar-refractivity contribution in [3.8, 4) is 6.07 Å². The molecule has 11 heteroatoms. The Hall–Kier alpha value is -3.29. The molecule has 0 spiro atoms. The second-order valence-corrected chi connectivity index (χ2v) is 8.33. The van der Waals surface area contributed by atoms with Crippen LogP contribution in [0.4, 0.5) is 28.4 Å². The fraction of sp³-hybridized carbons (Fsp3) is 0.500. The van der Waals surface area contributed by atoms with Crippen molar-refractivity contribution in [1.29, 1.82) is 5.26 Å². The number of carbonyl (C=O) groups excluding carboxylic acids is 3. The van der Waals surface area contributed by atoms with Gasteiger partial charge in [-0.1, -0.05) is 0 Å². The van der Waals surface area contributed by atoms with Crippen LogP contribution in [0.3, 0.4) is 0 Å². The Morgan fingerprint density at radius 1 is 1.23 bits per heavy atom. The van der Waals surface area contributed by atoms with Gasteiger partial charge in [0.25, 0.3) is 5.91 Å². The third kappa shape index (κ3) is 4.42. The molecular weight excluding hydrogens is 417 g/mol. The number of carbonyl (C=O) groups is 3. The summed E-state index contributed by atoms with van der Waals surface area (Å²) in [4.78, 5) is 39.4. The standard InChI is InChI=1S/C20H23F3N4O4/c1-7-25(17(30)31-18(2,3)4)27-16(29)26(15(28)19(27,5)6)13-9-8-12(11-24)14(10-13)20(21,22)23/h8-10H,7H2,1-6H3. The van der Waals surface area contributed by atoms with Crippen molar-refractivity contribution < 1.29 is 32.3 Å². The summed E-state index contributed by atoms with van der Waals surface area (Å²) in [6.45, 7) is 9.15. The number of nitriles is 1. The van der Waals surface area contributed by atoms with Crippen molar-refractivity contribution >= 4 is 23.7 Å². The number of hydrogen-bond acceptors (Lipinski definition) is 5. The average Bonchev–Trinajstić information content (AvgIpc) is 2.79. The Kier molecular flexibility index (Phi) is 6.00. The van der Waals surface area contributed by atoms with Crippen molar-refractivity contribution in [2.24, 2.45) is 0 Å². The Balaban J connectivity index is 2.55. The number of alkyl halides is 3. The predicted octanol–water partition coefficient (Wildman–Crippen LogP) is 4.30. The summed E-state index contributed by atoms with van der Waals surface area (Å²) in [6, 6.07) is 2.96. The van der Waals surface area contributed by atoms with Gasteiger partial charge in [0, 0.05) is 6.54 Å². The molecule has 1 aromatic carbocycles. The van der Waals surface area contributed by atoms with Crippen LogP contribution < -0.4 is 4.90 Å². The van der Waals surface area contributed by atoms with E-state index in [1.807, 2.05) is 0 Å². The SMILES string of the molecule is CCN(C(=O)OC(C)(C)C)N1C(=O)N(c2ccc(C#N)c(C(F)(F)F)c2)C(=O)C1(C)C. The second kappa shape index (κ2) is 7.76. The maximum atomic E-state index is 13.4. The van der Waals surface area contributed by atoms with Crippen LogP contribution in [0.5, 0.6) is 0 Å². The van der Waals surface area contributed by atoms with Gasteiger partial charge in [0.05, 0.1) is 22.9 Å². The fourth-order valence-electron chi connectivity index (χ4n) is 3.09. The van der Waals surface area contributed by atoms with Gasteiger partial charge in [0.15, 0.2) is 0 Å². The van der Waals surface area contributed by atoms with Gasteiger partial charge in [-0.25, -0.2) is 24.5 Å². The molecule has 0 saturated carbocycles. The topological polar surface area (TPSA) is 93.9 Å². The first-order valence-corrected chi connectivity index (χ1v) is 9.36. The van der Waals surface area contributed by atoms with Crippen LogP contribution in [0.25, 0.3) is 0 Å². The Morgan fingerprint density at radius 3 is 2.26 bits per heavy atom. The van der Waals surface area contributed by atoms with Gasteiger partial charge in [-0.3, -0.25) is 4.79 Å². The zero-order valence-corrected chi connectivity index (χ0v) is 18.0. The largest absolute Gasteiger partial charge is 0.442 e. The summed E-state index contributed by atoms with van der Waals surface area (Å²) >= 11 is 0. The van der Waals surface area contributed by atoms with Gasteiger partial charge in [0.1, 0.15) is 11.1 Å². The molecule has 1 aromatic rings. The first kappa shape index (κ1) is 24.0. The van der Waals surface area contributed by atoms with E-state index in [0.29, 0.717) is 11.0 Å². The Bertz CT molecular complexity index is 961. The van der Waals surface area contributed by atoms with Crippen LogP contribution in [-0.4, -0.2) is 45.7 Å². The first-order valence-electron chi connectivity index (χ1n) is 9.36. The third-order valence-electron chi connectivity index (χ3n) is 4.46. The number of rotatable bonds is 3. The minimum Gasteiger partial charge on any atom is -0.442 e. The molecule has 1 aliphatic heterocycles. The van der Waals surface area contributed by atoms with E-state index in [-0.39, 0.29) is 12.2 Å². The van der Waals surface area contributed by atoms with Crippen LogP contribution in [-0.2, 0) is 15.7 Å². The molecule has 1 aliphatic rings. The van der Waals surface area contributed by atoms with Crippen LogP contribution >= 0.6 is 0 Å². The lowest BCUT2D eigenvalue weighted by Crippen LogP contribution is -2.57. The van der Waals surface area contributed by atoms with E-state index < -0.39 is 46.5 Å². The number of amides is 4. The van der Waals surface area contributed by atoms with Gasteiger partial charge in [-0.15, -0.1) is 0 Å². The van der Waals surface area contributed by atoms with E-state index in [1.54, 1.807) is 27.7 Å². The van der Waals surface area contributed by atoms with E-state index in [2.05, 4.69) is 0 Å². The molecule has 0 unspecified atom stereocenters. The van der Waals surface area contributed by atoms with Crippen molar-refractivity contribution in [3.63, 3.8) is 0 Å². The lowest BCUT2D eigenvalue weighted by Gasteiger charge is -2.37. The van der Waals surface area contributed by atoms with Crippen molar-refractivity contribution in [1.82, 2.24) is 10.0 Å². The smallest absolute Gasteiger partial charge is 0.429 e. The molecule has 0 aromatic heterocycles. The molecule has 0 N–H and O–H groups in total. The number of halogens is 3. The maximum Gasteiger partial charge on any atom is 0.429 e. The molecule has 0 bridgehead atoms. The maximum absolute atomic E-state index is 13.4. The normalized spacial score (nSPS) is 16.4. The number of anilines is 1. The number of hydrogen-bond donors (Lipinski definition) is 0. The molecule has 0 aliphatic carbocycles. The summed E-state index contributed by atoms with van der Waals surface area (Å²) in [6.07, 6.45) is -5.75. The summed E-state index contributed by atoms with van der Waals surface area (Å²) in [7, 11) is 0. The van der Waals surface area contributed by atoms with Crippen LogP contribution in [0.1, 0.15) is 52.7 Å². The Labute approximate surface area is 177 Å². The van der Waals surface area contributed by atoms with Crippen LogP contribution in [0, 0.1) is 11.3 Å². The minimum absolute atomic E-state index is 0.0353. The molecule has 1 heterocycles. The van der Waals surface area contributed by atoms with Gasteiger partial charge >= 0.3 is 18.3 Å². The van der Waals surface area contributed by atoms with E-state index >= 15 is 0 Å². The third-order valence-corrected chi connectivity index (χ3v) is 4.46. The van der Waals surface area contributed by atoms with E-state index in [0.717, 1.165) is 22.2 Å². The zero-order valence-electron chi connectivity index (χ0n) is 18.0. The predicted molar refractivity (Wildman–Crippen MR) is 104 cm³/mol. The summed E-state index contributed by atoms with van der Waals surface area (Å²) in [5, 5.41) is 10.8. The highest BCUT2D eigenvalue weighted by Crippen LogP contribution is 2.38. The van der Waals surface area contributed by atoms with Gasteiger partial charge in [-0.05, 0) is 59.7 Å².